The Morgan fingerprint density at radius 2 is 1.59 bits per heavy atom. The van der Waals surface area contributed by atoms with Gasteiger partial charge in [0.2, 0.25) is 5.95 Å². The first kappa shape index (κ1) is 13.6. The predicted octanol–water partition coefficient (Wildman–Crippen LogP) is 3.41. The van der Waals surface area contributed by atoms with Gasteiger partial charge in [0.25, 0.3) is 0 Å². The average molecular weight is 288 g/mol. The summed E-state index contributed by atoms with van der Waals surface area (Å²) >= 11 is 0. The lowest BCUT2D eigenvalue weighted by molar-refractivity contribution is 0.477. The fraction of sp³-hybridized carbons (Fsp3) is 0. The first-order chi connectivity index (χ1) is 10.8. The minimum atomic E-state index is 0.128. The molecule has 0 aliphatic carbocycles. The molecule has 0 spiro atoms. The highest BCUT2D eigenvalue weighted by atomic mass is 16.3. The standard InChI is InChI=1S/C17H12N4O/c18-11-19-17-20-14(12-6-2-1-3-7-12)10-15(21-17)13-8-4-5-9-16(13)22/h1-10,22H,(H,19,20,21). The second-order valence-electron chi connectivity index (χ2n) is 4.58. The van der Waals surface area contributed by atoms with Crippen LogP contribution in [-0.2, 0) is 0 Å². The van der Waals surface area contributed by atoms with Gasteiger partial charge in [0.05, 0.1) is 11.4 Å². The lowest BCUT2D eigenvalue weighted by atomic mass is 10.1. The van der Waals surface area contributed by atoms with Crippen LogP contribution in [0.15, 0.2) is 60.7 Å². The highest BCUT2D eigenvalue weighted by Crippen LogP contribution is 2.30. The Kier molecular flexibility index (Phi) is 3.67. The molecule has 0 fully saturated rings. The molecule has 2 aromatic carbocycles. The molecule has 3 rings (SSSR count). The number of nitriles is 1. The molecule has 0 radical (unpaired) electrons. The minimum absolute atomic E-state index is 0.128. The third kappa shape index (κ3) is 2.72. The van der Waals surface area contributed by atoms with Crippen molar-refractivity contribution in [2.75, 3.05) is 5.32 Å². The van der Waals surface area contributed by atoms with E-state index in [0.29, 0.717) is 17.0 Å². The van der Waals surface area contributed by atoms with E-state index in [0.717, 1.165) is 5.56 Å². The largest absolute Gasteiger partial charge is 0.507 e. The highest BCUT2D eigenvalue weighted by Gasteiger charge is 2.10. The quantitative estimate of drug-likeness (QED) is 0.570. The summed E-state index contributed by atoms with van der Waals surface area (Å²) in [6.45, 7) is 0. The maximum Gasteiger partial charge on any atom is 0.237 e. The van der Waals surface area contributed by atoms with Gasteiger partial charge in [-0.3, -0.25) is 5.32 Å². The Morgan fingerprint density at radius 3 is 2.32 bits per heavy atom. The van der Waals surface area contributed by atoms with Gasteiger partial charge >= 0.3 is 0 Å². The van der Waals surface area contributed by atoms with Gasteiger partial charge in [-0.2, -0.15) is 5.26 Å². The van der Waals surface area contributed by atoms with Crippen molar-refractivity contribution >= 4 is 5.95 Å². The number of hydrogen-bond donors (Lipinski definition) is 2. The molecule has 2 N–H and O–H groups in total. The normalized spacial score (nSPS) is 9.95. The van der Waals surface area contributed by atoms with Gasteiger partial charge in [-0.1, -0.05) is 42.5 Å². The summed E-state index contributed by atoms with van der Waals surface area (Å²) in [5.74, 6) is 0.324. The molecular formula is C17H12N4O. The van der Waals surface area contributed by atoms with E-state index in [2.05, 4.69) is 15.3 Å². The van der Waals surface area contributed by atoms with Crippen LogP contribution in [0.3, 0.4) is 0 Å². The molecule has 5 nitrogen and oxygen atoms in total. The number of aromatic nitrogens is 2. The van der Waals surface area contributed by atoms with E-state index in [1.54, 1.807) is 24.3 Å². The van der Waals surface area contributed by atoms with Gasteiger partial charge in [-0.15, -0.1) is 0 Å². The van der Waals surface area contributed by atoms with E-state index >= 15 is 0 Å². The van der Waals surface area contributed by atoms with Crippen LogP contribution in [0, 0.1) is 11.5 Å². The number of rotatable bonds is 3. The first-order valence-electron chi connectivity index (χ1n) is 6.66. The Morgan fingerprint density at radius 1 is 0.909 bits per heavy atom. The number of anilines is 1. The number of benzene rings is 2. The van der Waals surface area contributed by atoms with Crippen molar-refractivity contribution < 1.29 is 5.11 Å². The molecule has 22 heavy (non-hydrogen) atoms. The van der Waals surface area contributed by atoms with E-state index < -0.39 is 0 Å². The smallest absolute Gasteiger partial charge is 0.237 e. The van der Waals surface area contributed by atoms with Gasteiger partial charge in [0, 0.05) is 11.1 Å². The molecule has 0 aliphatic heterocycles. The van der Waals surface area contributed by atoms with Gasteiger partial charge in [-0.25, -0.2) is 9.97 Å². The molecule has 0 saturated carbocycles. The summed E-state index contributed by atoms with van der Waals surface area (Å²) in [4.78, 5) is 8.60. The monoisotopic (exact) mass is 288 g/mol. The van der Waals surface area contributed by atoms with Crippen molar-refractivity contribution in [1.29, 1.82) is 5.26 Å². The van der Waals surface area contributed by atoms with Gasteiger partial charge in [0.1, 0.15) is 5.75 Å². The minimum Gasteiger partial charge on any atom is -0.507 e. The van der Waals surface area contributed by atoms with Crippen LogP contribution in [0.5, 0.6) is 5.75 Å². The van der Waals surface area contributed by atoms with Crippen molar-refractivity contribution in [3.63, 3.8) is 0 Å². The number of phenols is 1. The molecular weight excluding hydrogens is 276 g/mol. The van der Waals surface area contributed by atoms with E-state index in [-0.39, 0.29) is 11.7 Å². The van der Waals surface area contributed by atoms with Crippen LogP contribution >= 0.6 is 0 Å². The number of phenolic OH excluding ortho intramolecular Hbond substituents is 1. The van der Waals surface area contributed by atoms with Gasteiger partial charge in [-0.05, 0) is 18.2 Å². The van der Waals surface area contributed by atoms with Crippen molar-refractivity contribution in [3.8, 4) is 34.5 Å². The van der Waals surface area contributed by atoms with Crippen molar-refractivity contribution in [3.05, 3.63) is 60.7 Å². The number of para-hydroxylation sites is 1. The fourth-order valence-corrected chi connectivity index (χ4v) is 2.14. The van der Waals surface area contributed by atoms with Gasteiger partial charge in [0.15, 0.2) is 6.19 Å². The maximum atomic E-state index is 10.0. The predicted molar refractivity (Wildman–Crippen MR) is 83.8 cm³/mol. The number of aromatic hydroxyl groups is 1. The molecule has 0 bridgehead atoms. The van der Waals surface area contributed by atoms with E-state index in [4.69, 9.17) is 5.26 Å². The van der Waals surface area contributed by atoms with E-state index in [1.807, 2.05) is 42.6 Å². The maximum absolute atomic E-state index is 10.0. The molecule has 1 heterocycles. The third-order valence-corrected chi connectivity index (χ3v) is 3.14. The van der Waals surface area contributed by atoms with Crippen LogP contribution in [0.2, 0.25) is 0 Å². The molecule has 0 atom stereocenters. The van der Waals surface area contributed by atoms with Crippen LogP contribution < -0.4 is 5.32 Å². The highest BCUT2D eigenvalue weighted by molar-refractivity contribution is 5.73. The molecule has 5 heteroatoms. The summed E-state index contributed by atoms with van der Waals surface area (Å²) < 4.78 is 0. The molecule has 0 aliphatic rings. The number of nitrogens with zero attached hydrogens (tertiary/aromatic N) is 3. The van der Waals surface area contributed by atoms with Crippen LogP contribution in [0.1, 0.15) is 0 Å². The zero-order chi connectivity index (χ0) is 15.4. The molecule has 3 aromatic rings. The zero-order valence-corrected chi connectivity index (χ0v) is 11.6. The van der Waals surface area contributed by atoms with E-state index in [9.17, 15) is 5.11 Å². The van der Waals surface area contributed by atoms with Crippen LogP contribution in [0.25, 0.3) is 22.5 Å². The summed E-state index contributed by atoms with van der Waals surface area (Å²) in [6, 6.07) is 18.3. The lowest BCUT2D eigenvalue weighted by Gasteiger charge is -2.08. The summed E-state index contributed by atoms with van der Waals surface area (Å²) in [6.07, 6.45) is 1.82. The molecule has 0 unspecified atom stereocenters. The number of hydrogen-bond acceptors (Lipinski definition) is 5. The Bertz CT molecular complexity index is 841. The second-order valence-corrected chi connectivity index (χ2v) is 4.58. The van der Waals surface area contributed by atoms with Gasteiger partial charge < -0.3 is 5.11 Å². The third-order valence-electron chi connectivity index (χ3n) is 3.14. The zero-order valence-electron chi connectivity index (χ0n) is 11.6. The molecule has 0 saturated heterocycles. The van der Waals surface area contributed by atoms with Crippen LogP contribution in [-0.4, -0.2) is 15.1 Å². The summed E-state index contributed by atoms with van der Waals surface area (Å²) in [5.41, 5.74) is 2.71. The Hall–Kier alpha value is -3.39. The van der Waals surface area contributed by atoms with Crippen molar-refractivity contribution in [1.82, 2.24) is 9.97 Å². The topological polar surface area (TPSA) is 81.8 Å². The summed E-state index contributed by atoms with van der Waals surface area (Å²) in [7, 11) is 0. The van der Waals surface area contributed by atoms with Crippen LogP contribution in [0.4, 0.5) is 5.95 Å². The second kappa shape index (κ2) is 5.94. The lowest BCUT2D eigenvalue weighted by Crippen LogP contribution is -1.99. The number of nitrogens with one attached hydrogen (secondary N) is 1. The first-order valence-corrected chi connectivity index (χ1v) is 6.66. The van der Waals surface area contributed by atoms with E-state index in [1.165, 1.54) is 0 Å². The Labute approximate surface area is 127 Å². The van der Waals surface area contributed by atoms with Crippen molar-refractivity contribution in [2.45, 2.75) is 0 Å². The summed E-state index contributed by atoms with van der Waals surface area (Å²) in [5, 5.41) is 21.3. The SMILES string of the molecule is N#CNc1nc(-c2ccccc2)cc(-c2ccccc2O)n1. The Balaban J connectivity index is 2.17. The molecule has 106 valence electrons. The van der Waals surface area contributed by atoms with Crippen molar-refractivity contribution in [2.24, 2.45) is 0 Å². The average Bonchev–Trinajstić information content (AvgIpc) is 2.56. The fourth-order valence-electron chi connectivity index (χ4n) is 2.14. The molecule has 1 aromatic heterocycles. The molecule has 0 amide bonds.